The molecule has 3 aliphatic rings. The van der Waals surface area contributed by atoms with Crippen LogP contribution in [0.3, 0.4) is 0 Å². The predicted molar refractivity (Wildman–Crippen MR) is 172 cm³/mol. The van der Waals surface area contributed by atoms with Gasteiger partial charge in [-0.1, -0.05) is 53.1 Å². The molecule has 1 atom stereocenters. The van der Waals surface area contributed by atoms with Crippen molar-refractivity contribution in [3.05, 3.63) is 46.2 Å². The van der Waals surface area contributed by atoms with Crippen molar-refractivity contribution >= 4 is 23.5 Å². The van der Waals surface area contributed by atoms with Crippen LogP contribution in [0.2, 0.25) is 5.02 Å². The number of rotatable bonds is 7. The molecule has 9 nitrogen and oxygen atoms in total. The largest absolute Gasteiger partial charge is 0.489 e. The van der Waals surface area contributed by atoms with Crippen molar-refractivity contribution in [1.29, 1.82) is 5.26 Å². The standard InChI is InChI=1S/C34H47ClN6O3/c1-21-26(9-8-22(16-36)27(21)35)44-30-33(4,5)29(34(30,6)7)39-28(43)23-17-37-31(38-18-23)41-15-10-24(32(2,3)20-41)19-40-13-11-25(42)12-14-40/h8-9,17-18,24-25,29-30,42H,10-15,19-20H2,1-7H3,(H,39,43). The van der Waals surface area contributed by atoms with E-state index in [4.69, 9.17) is 16.3 Å². The van der Waals surface area contributed by atoms with Crippen molar-refractivity contribution in [2.24, 2.45) is 22.2 Å². The van der Waals surface area contributed by atoms with Gasteiger partial charge in [-0.2, -0.15) is 5.26 Å². The smallest absolute Gasteiger partial charge is 0.254 e. The number of halogens is 1. The highest BCUT2D eigenvalue weighted by atomic mass is 35.5. The van der Waals surface area contributed by atoms with Crippen molar-refractivity contribution in [2.75, 3.05) is 37.6 Å². The minimum atomic E-state index is -0.364. The van der Waals surface area contributed by atoms with E-state index >= 15 is 0 Å². The Balaban J connectivity index is 1.19. The quantitative estimate of drug-likeness (QED) is 0.431. The van der Waals surface area contributed by atoms with Crippen LogP contribution in [0.5, 0.6) is 5.75 Å². The van der Waals surface area contributed by atoms with Crippen LogP contribution >= 0.6 is 11.6 Å². The maximum absolute atomic E-state index is 13.4. The number of piperidine rings is 2. The first-order valence-electron chi connectivity index (χ1n) is 15.8. The fraction of sp³-hybridized carbons (Fsp3) is 0.647. The number of likely N-dealkylation sites (tertiary alicyclic amines) is 1. The van der Waals surface area contributed by atoms with E-state index in [-0.39, 0.29) is 40.4 Å². The molecule has 2 aliphatic heterocycles. The van der Waals surface area contributed by atoms with Crippen LogP contribution in [0, 0.1) is 40.4 Å². The molecular formula is C34H47ClN6O3. The van der Waals surface area contributed by atoms with E-state index in [9.17, 15) is 15.2 Å². The minimum Gasteiger partial charge on any atom is -0.489 e. The van der Waals surface area contributed by atoms with E-state index in [2.05, 4.69) is 72.7 Å². The average Bonchev–Trinajstić information content (AvgIpc) is 2.98. The van der Waals surface area contributed by atoms with Gasteiger partial charge in [0, 0.05) is 67.6 Å². The molecule has 44 heavy (non-hydrogen) atoms. The second kappa shape index (κ2) is 12.1. The topological polar surface area (TPSA) is 115 Å². The Labute approximate surface area is 267 Å². The molecule has 0 spiro atoms. The van der Waals surface area contributed by atoms with Gasteiger partial charge in [-0.3, -0.25) is 4.79 Å². The molecule has 1 aromatic carbocycles. The lowest BCUT2D eigenvalue weighted by Crippen LogP contribution is -2.74. The van der Waals surface area contributed by atoms with Crippen LogP contribution in [-0.4, -0.2) is 76.9 Å². The predicted octanol–water partition coefficient (Wildman–Crippen LogP) is 5.23. The Bertz CT molecular complexity index is 1400. The van der Waals surface area contributed by atoms with Crippen molar-refractivity contribution in [2.45, 2.75) is 86.0 Å². The van der Waals surface area contributed by atoms with Gasteiger partial charge in [-0.15, -0.1) is 0 Å². The molecule has 1 aromatic heterocycles. The third-order valence-corrected chi connectivity index (χ3v) is 11.0. The zero-order valence-corrected chi connectivity index (χ0v) is 27.9. The first-order chi connectivity index (χ1) is 20.6. The van der Waals surface area contributed by atoms with Gasteiger partial charge in [0.2, 0.25) is 5.95 Å². The molecule has 10 heteroatoms. The fourth-order valence-electron chi connectivity index (χ4n) is 7.95. The van der Waals surface area contributed by atoms with Gasteiger partial charge < -0.3 is 25.0 Å². The normalized spacial score (nSPS) is 26.4. The monoisotopic (exact) mass is 622 g/mol. The number of amides is 1. The first kappa shape index (κ1) is 32.5. The number of aliphatic hydroxyl groups excluding tert-OH is 1. The first-order valence-corrected chi connectivity index (χ1v) is 16.2. The minimum absolute atomic E-state index is 0.0926. The van der Waals surface area contributed by atoms with Crippen LogP contribution in [0.4, 0.5) is 5.95 Å². The second-order valence-electron chi connectivity index (χ2n) is 14.9. The number of hydrogen-bond acceptors (Lipinski definition) is 8. The van der Waals surface area contributed by atoms with Gasteiger partial charge in [0.15, 0.2) is 0 Å². The number of hydrogen-bond donors (Lipinski definition) is 2. The van der Waals surface area contributed by atoms with Crippen LogP contribution in [0.15, 0.2) is 24.5 Å². The summed E-state index contributed by atoms with van der Waals surface area (Å²) in [5.41, 5.74) is 0.950. The Hall–Kier alpha value is -2.93. The molecule has 2 N–H and O–H groups in total. The van der Waals surface area contributed by atoms with Crippen LogP contribution < -0.4 is 15.0 Å². The molecule has 238 valence electrons. The van der Waals surface area contributed by atoms with E-state index in [1.165, 1.54) is 0 Å². The molecule has 1 unspecified atom stereocenters. The number of anilines is 1. The van der Waals surface area contributed by atoms with Crippen LogP contribution in [0.25, 0.3) is 0 Å². The summed E-state index contributed by atoms with van der Waals surface area (Å²) in [7, 11) is 0. The van der Waals surface area contributed by atoms with Crippen LogP contribution in [0.1, 0.15) is 82.3 Å². The summed E-state index contributed by atoms with van der Waals surface area (Å²) in [5.74, 6) is 1.67. The lowest BCUT2D eigenvalue weighted by Gasteiger charge is -2.63. The van der Waals surface area contributed by atoms with Crippen molar-refractivity contribution in [1.82, 2.24) is 20.2 Å². The Morgan fingerprint density at radius 2 is 1.73 bits per heavy atom. The molecule has 1 aliphatic carbocycles. The maximum Gasteiger partial charge on any atom is 0.254 e. The SMILES string of the molecule is Cc1c(OC2C(C)(C)C(NC(=O)c3cnc(N4CCC(CN5CCC(O)CC5)C(C)(C)C4)nc3)C2(C)C)ccc(C#N)c1Cl. The zero-order valence-electron chi connectivity index (χ0n) is 27.2. The number of aliphatic hydroxyl groups is 1. The summed E-state index contributed by atoms with van der Waals surface area (Å²) in [6.45, 7) is 19.6. The summed E-state index contributed by atoms with van der Waals surface area (Å²) >= 11 is 6.39. The highest BCUT2D eigenvalue weighted by Crippen LogP contribution is 2.56. The number of carbonyl (C=O) groups is 1. The number of nitrogens with zero attached hydrogens (tertiary/aromatic N) is 5. The highest BCUT2D eigenvalue weighted by Gasteiger charge is 2.64. The maximum atomic E-state index is 13.4. The summed E-state index contributed by atoms with van der Waals surface area (Å²) in [4.78, 5) is 27.4. The van der Waals surface area contributed by atoms with Crippen molar-refractivity contribution < 1.29 is 14.6 Å². The molecule has 5 rings (SSSR count). The molecule has 3 fully saturated rings. The number of benzene rings is 1. The summed E-state index contributed by atoms with van der Waals surface area (Å²) in [5, 5.41) is 22.8. The van der Waals surface area contributed by atoms with Gasteiger partial charge in [0.1, 0.15) is 17.9 Å². The highest BCUT2D eigenvalue weighted by molar-refractivity contribution is 6.32. The molecular weight excluding hydrogens is 576 g/mol. The van der Waals surface area contributed by atoms with E-state index in [0.29, 0.717) is 33.8 Å². The van der Waals surface area contributed by atoms with Gasteiger partial charge in [0.25, 0.3) is 5.91 Å². The van der Waals surface area contributed by atoms with E-state index < -0.39 is 0 Å². The lowest BCUT2D eigenvalue weighted by molar-refractivity contribution is -0.164. The molecule has 2 aromatic rings. The van der Waals surface area contributed by atoms with Gasteiger partial charge >= 0.3 is 0 Å². The van der Waals surface area contributed by atoms with Crippen molar-refractivity contribution in [3.63, 3.8) is 0 Å². The third kappa shape index (κ3) is 6.14. The summed E-state index contributed by atoms with van der Waals surface area (Å²) in [6, 6.07) is 5.43. The van der Waals surface area contributed by atoms with Gasteiger partial charge in [0.05, 0.1) is 22.3 Å². The summed E-state index contributed by atoms with van der Waals surface area (Å²) in [6.07, 6.45) is 5.71. The molecule has 3 heterocycles. The fourth-order valence-corrected chi connectivity index (χ4v) is 8.15. The number of nitriles is 1. The van der Waals surface area contributed by atoms with Crippen molar-refractivity contribution in [3.8, 4) is 11.8 Å². The number of aromatic nitrogens is 2. The Morgan fingerprint density at radius 3 is 2.32 bits per heavy atom. The van der Waals surface area contributed by atoms with E-state index in [1.807, 2.05) is 6.92 Å². The molecule has 0 bridgehead atoms. The number of ether oxygens (including phenoxy) is 1. The molecule has 0 radical (unpaired) electrons. The Kier molecular flexibility index (Phi) is 8.93. The zero-order chi connectivity index (χ0) is 32.0. The molecule has 2 saturated heterocycles. The number of carbonyl (C=O) groups excluding carboxylic acids is 1. The van der Waals surface area contributed by atoms with Crippen LogP contribution in [-0.2, 0) is 0 Å². The van der Waals surface area contributed by atoms with E-state index in [0.717, 1.165) is 57.5 Å². The second-order valence-corrected chi connectivity index (χ2v) is 15.3. The molecule has 1 saturated carbocycles. The third-order valence-electron chi connectivity index (χ3n) is 10.5. The van der Waals surface area contributed by atoms with Gasteiger partial charge in [-0.25, -0.2) is 9.97 Å². The summed E-state index contributed by atoms with van der Waals surface area (Å²) < 4.78 is 6.48. The van der Waals surface area contributed by atoms with Gasteiger partial charge in [-0.05, 0) is 49.7 Å². The Morgan fingerprint density at radius 1 is 1.09 bits per heavy atom. The lowest BCUT2D eigenvalue weighted by atomic mass is 9.49. The van der Waals surface area contributed by atoms with E-state index in [1.54, 1.807) is 24.5 Å². The average molecular weight is 623 g/mol. The molecule has 1 amide bonds. The number of nitrogens with one attached hydrogen (secondary N) is 1.